The van der Waals surface area contributed by atoms with Crippen LogP contribution in [-0.4, -0.2) is 15.5 Å². The molecule has 0 bridgehead atoms. The van der Waals surface area contributed by atoms with Gasteiger partial charge in [0.2, 0.25) is 0 Å². The van der Waals surface area contributed by atoms with Gasteiger partial charge in [-0.3, -0.25) is 0 Å². The Bertz CT molecular complexity index is 178. The first-order valence-corrected chi connectivity index (χ1v) is 6.68. The highest BCUT2D eigenvalue weighted by Crippen LogP contribution is 2.11. The first-order chi connectivity index (χ1) is 6.68. The van der Waals surface area contributed by atoms with Crippen LogP contribution >= 0.6 is 22.6 Å². The second kappa shape index (κ2) is 9.49. The van der Waals surface area contributed by atoms with Gasteiger partial charge in [0.05, 0.1) is 0 Å². The van der Waals surface area contributed by atoms with Crippen molar-refractivity contribution in [2.75, 3.05) is 4.43 Å². The summed E-state index contributed by atoms with van der Waals surface area (Å²) in [6.45, 7) is 3.50. The molecule has 82 valence electrons. The molecule has 14 heavy (non-hydrogen) atoms. The minimum atomic E-state index is -0.852. The lowest BCUT2D eigenvalue weighted by Gasteiger charge is -2.01. The average molecular weight is 310 g/mol. The molecule has 0 aromatic heterocycles. The van der Waals surface area contributed by atoms with Crippen molar-refractivity contribution < 1.29 is 9.90 Å². The summed E-state index contributed by atoms with van der Waals surface area (Å²) in [5.74, 6) is -0.852. The van der Waals surface area contributed by atoms with Gasteiger partial charge in [0, 0.05) is 5.57 Å². The molecule has 0 atom stereocenters. The molecule has 0 aliphatic heterocycles. The zero-order valence-corrected chi connectivity index (χ0v) is 10.8. The second-order valence-electron chi connectivity index (χ2n) is 3.47. The number of carbonyl (C=O) groups is 1. The minimum absolute atomic E-state index is 0.345. The summed E-state index contributed by atoms with van der Waals surface area (Å²) in [4.78, 5) is 10.4. The topological polar surface area (TPSA) is 37.3 Å². The Hall–Kier alpha value is -0.0600. The van der Waals surface area contributed by atoms with Crippen LogP contribution in [0.1, 0.15) is 44.9 Å². The molecule has 0 saturated carbocycles. The van der Waals surface area contributed by atoms with Gasteiger partial charge in [0.1, 0.15) is 0 Å². The Morgan fingerprint density at radius 3 is 2.07 bits per heavy atom. The molecule has 2 nitrogen and oxygen atoms in total. The van der Waals surface area contributed by atoms with E-state index in [2.05, 4.69) is 29.2 Å². The van der Waals surface area contributed by atoms with E-state index in [1.807, 2.05) is 0 Å². The van der Waals surface area contributed by atoms with Crippen LogP contribution in [0.4, 0.5) is 0 Å². The first kappa shape index (κ1) is 13.9. The normalized spacial score (nSPS) is 10.1. The summed E-state index contributed by atoms with van der Waals surface area (Å²) in [5, 5.41) is 8.55. The van der Waals surface area contributed by atoms with Crippen molar-refractivity contribution in [2.24, 2.45) is 0 Å². The maximum Gasteiger partial charge on any atom is 0.330 e. The maximum absolute atomic E-state index is 10.4. The van der Waals surface area contributed by atoms with Gasteiger partial charge in [-0.15, -0.1) is 0 Å². The largest absolute Gasteiger partial charge is 0.478 e. The van der Waals surface area contributed by atoms with Crippen molar-refractivity contribution in [3.8, 4) is 0 Å². The molecular formula is C11H19IO2. The van der Waals surface area contributed by atoms with Crippen LogP contribution in [0.2, 0.25) is 0 Å². The lowest BCUT2D eigenvalue weighted by Crippen LogP contribution is -1.98. The number of carboxylic acid groups (broad SMARTS) is 1. The lowest BCUT2D eigenvalue weighted by atomic mass is 10.1. The molecule has 3 heteroatoms. The Labute approximate surface area is 99.9 Å². The molecule has 0 saturated heterocycles. The molecule has 0 aliphatic rings. The van der Waals surface area contributed by atoms with Gasteiger partial charge >= 0.3 is 5.97 Å². The summed E-state index contributed by atoms with van der Waals surface area (Å²) in [5.41, 5.74) is 0.345. The van der Waals surface area contributed by atoms with E-state index in [0.717, 1.165) is 12.8 Å². The highest BCUT2D eigenvalue weighted by molar-refractivity contribution is 14.1. The van der Waals surface area contributed by atoms with E-state index in [-0.39, 0.29) is 0 Å². The van der Waals surface area contributed by atoms with Crippen LogP contribution < -0.4 is 0 Å². The van der Waals surface area contributed by atoms with E-state index in [0.29, 0.717) is 12.0 Å². The molecule has 1 N–H and O–H groups in total. The van der Waals surface area contributed by atoms with Gasteiger partial charge in [-0.1, -0.05) is 54.9 Å². The van der Waals surface area contributed by atoms with Crippen molar-refractivity contribution in [3.63, 3.8) is 0 Å². The molecule has 0 aromatic carbocycles. The molecule has 0 heterocycles. The monoisotopic (exact) mass is 310 g/mol. The van der Waals surface area contributed by atoms with Crippen molar-refractivity contribution in [1.29, 1.82) is 0 Å². The third-order valence-corrected chi connectivity index (χ3v) is 2.93. The Morgan fingerprint density at radius 1 is 1.07 bits per heavy atom. The molecule has 0 spiro atoms. The van der Waals surface area contributed by atoms with Crippen LogP contribution in [0, 0.1) is 0 Å². The van der Waals surface area contributed by atoms with Gasteiger partial charge < -0.3 is 5.11 Å². The molecule has 0 aliphatic carbocycles. The Morgan fingerprint density at radius 2 is 1.57 bits per heavy atom. The van der Waals surface area contributed by atoms with E-state index >= 15 is 0 Å². The SMILES string of the molecule is C=C(CCCCCCCCI)C(=O)O. The summed E-state index contributed by atoms with van der Waals surface area (Å²) in [6.07, 6.45) is 7.86. The van der Waals surface area contributed by atoms with Crippen molar-refractivity contribution in [3.05, 3.63) is 12.2 Å². The van der Waals surface area contributed by atoms with Gasteiger partial charge in [0.15, 0.2) is 0 Å². The fourth-order valence-electron chi connectivity index (χ4n) is 1.25. The summed E-state index contributed by atoms with van der Waals surface area (Å²) in [6, 6.07) is 0. The smallest absolute Gasteiger partial charge is 0.330 e. The fourth-order valence-corrected chi connectivity index (χ4v) is 1.79. The summed E-state index contributed by atoms with van der Waals surface area (Å²) in [7, 11) is 0. The number of hydrogen-bond acceptors (Lipinski definition) is 1. The molecule has 0 rings (SSSR count). The second-order valence-corrected chi connectivity index (χ2v) is 4.55. The van der Waals surface area contributed by atoms with Crippen molar-refractivity contribution in [1.82, 2.24) is 0 Å². The minimum Gasteiger partial charge on any atom is -0.478 e. The number of rotatable bonds is 9. The zero-order chi connectivity index (χ0) is 10.8. The fraction of sp³-hybridized carbons (Fsp3) is 0.727. The van der Waals surface area contributed by atoms with Gasteiger partial charge in [-0.25, -0.2) is 4.79 Å². The van der Waals surface area contributed by atoms with Crippen LogP contribution in [0.15, 0.2) is 12.2 Å². The molecule has 0 amide bonds. The number of carboxylic acids is 1. The molecule has 0 fully saturated rings. The molecule has 0 radical (unpaired) electrons. The van der Waals surface area contributed by atoms with E-state index < -0.39 is 5.97 Å². The van der Waals surface area contributed by atoms with Gasteiger partial charge in [0.25, 0.3) is 0 Å². The Balaban J connectivity index is 3.13. The van der Waals surface area contributed by atoms with E-state index in [4.69, 9.17) is 5.11 Å². The predicted octanol–water partition coefficient (Wildman–Crippen LogP) is 3.79. The number of halogens is 1. The third kappa shape index (κ3) is 8.53. The summed E-state index contributed by atoms with van der Waals surface area (Å²) >= 11 is 2.39. The van der Waals surface area contributed by atoms with E-state index in [9.17, 15) is 4.79 Å². The Kier molecular flexibility index (Phi) is 9.45. The van der Waals surface area contributed by atoms with Crippen LogP contribution in [0.3, 0.4) is 0 Å². The van der Waals surface area contributed by atoms with Crippen molar-refractivity contribution in [2.45, 2.75) is 44.9 Å². The molecule has 0 aromatic rings. The highest BCUT2D eigenvalue weighted by atomic mass is 127. The van der Waals surface area contributed by atoms with E-state index in [1.165, 1.54) is 30.1 Å². The molecule has 0 unspecified atom stereocenters. The third-order valence-electron chi connectivity index (χ3n) is 2.16. The van der Waals surface area contributed by atoms with E-state index in [1.54, 1.807) is 0 Å². The zero-order valence-electron chi connectivity index (χ0n) is 8.60. The van der Waals surface area contributed by atoms with Crippen LogP contribution in [0.5, 0.6) is 0 Å². The average Bonchev–Trinajstić information content (AvgIpc) is 2.16. The standard InChI is InChI=1S/C11H19IO2/c1-10(11(13)14)8-6-4-2-3-5-7-9-12/h1-9H2,(H,13,14). The van der Waals surface area contributed by atoms with Gasteiger partial charge in [-0.2, -0.15) is 0 Å². The van der Waals surface area contributed by atoms with Gasteiger partial charge in [-0.05, 0) is 23.7 Å². The maximum atomic E-state index is 10.4. The number of unbranched alkanes of at least 4 members (excludes halogenated alkanes) is 5. The highest BCUT2D eigenvalue weighted by Gasteiger charge is 2.02. The number of aliphatic carboxylic acids is 1. The quantitative estimate of drug-likeness (QED) is 0.304. The lowest BCUT2D eigenvalue weighted by molar-refractivity contribution is -0.132. The van der Waals surface area contributed by atoms with Crippen molar-refractivity contribution >= 4 is 28.6 Å². The van der Waals surface area contributed by atoms with Crippen LogP contribution in [-0.2, 0) is 4.79 Å². The number of hydrogen-bond donors (Lipinski definition) is 1. The molecular weight excluding hydrogens is 291 g/mol. The first-order valence-electron chi connectivity index (χ1n) is 5.15. The van der Waals surface area contributed by atoms with Crippen LogP contribution in [0.25, 0.3) is 0 Å². The number of alkyl halides is 1. The predicted molar refractivity (Wildman–Crippen MR) is 68.0 cm³/mol. The summed E-state index contributed by atoms with van der Waals surface area (Å²) < 4.78 is 1.24.